The molecule has 2 heterocycles. The second kappa shape index (κ2) is 8.09. The van der Waals surface area contributed by atoms with Gasteiger partial charge >= 0.3 is 0 Å². The van der Waals surface area contributed by atoms with Crippen molar-refractivity contribution in [3.63, 3.8) is 0 Å². The quantitative estimate of drug-likeness (QED) is 0.653. The molecule has 3 aromatic rings. The molecular weight excluding hydrogens is 352 g/mol. The van der Waals surface area contributed by atoms with E-state index < -0.39 is 5.91 Å². The van der Waals surface area contributed by atoms with Crippen molar-refractivity contribution >= 4 is 23.2 Å². The molecule has 0 fully saturated rings. The number of anilines is 3. The van der Waals surface area contributed by atoms with Crippen molar-refractivity contribution in [1.82, 2.24) is 10.2 Å². The number of methoxy groups -OCH3 is 3. The Bertz CT molecular complexity index is 885. The Balaban J connectivity index is 1.74. The van der Waals surface area contributed by atoms with E-state index in [1.807, 2.05) is 0 Å². The Kier molecular flexibility index (Phi) is 5.41. The van der Waals surface area contributed by atoms with Crippen LogP contribution in [-0.2, 0) is 0 Å². The standard InChI is InChI=1S/C18H18N4O5/c1-24-13-9-11(10-14(25-2)17(13)26-3)19-15-6-7-16(22-21-15)20-18(23)12-5-4-8-27-12/h4-10H,1-3H3,(H,19,21)(H,20,22,23). The molecule has 0 atom stereocenters. The highest BCUT2D eigenvalue weighted by Gasteiger charge is 2.14. The highest BCUT2D eigenvalue weighted by molar-refractivity contribution is 6.01. The molecule has 1 amide bonds. The summed E-state index contributed by atoms with van der Waals surface area (Å²) in [4.78, 5) is 11.9. The molecule has 0 spiro atoms. The normalized spacial score (nSPS) is 10.2. The number of carbonyl (C=O) groups excluding carboxylic acids is 1. The number of hydrogen-bond acceptors (Lipinski definition) is 8. The number of furan rings is 1. The van der Waals surface area contributed by atoms with E-state index in [0.29, 0.717) is 34.6 Å². The van der Waals surface area contributed by atoms with Gasteiger partial charge in [0.15, 0.2) is 28.9 Å². The molecule has 0 unspecified atom stereocenters. The van der Waals surface area contributed by atoms with Crippen LogP contribution in [0.15, 0.2) is 47.1 Å². The first-order valence-electron chi connectivity index (χ1n) is 7.90. The molecule has 2 aromatic heterocycles. The molecule has 0 saturated carbocycles. The molecule has 2 N–H and O–H groups in total. The predicted molar refractivity (Wildman–Crippen MR) is 98.1 cm³/mol. The molecule has 0 saturated heterocycles. The molecule has 9 heteroatoms. The number of carbonyl (C=O) groups is 1. The summed E-state index contributed by atoms with van der Waals surface area (Å²) in [5, 5.41) is 13.7. The van der Waals surface area contributed by atoms with E-state index in [1.54, 1.807) is 36.4 Å². The first kappa shape index (κ1) is 18.1. The zero-order valence-corrected chi connectivity index (χ0v) is 15.0. The molecule has 0 bridgehead atoms. The fourth-order valence-electron chi connectivity index (χ4n) is 2.35. The summed E-state index contributed by atoms with van der Waals surface area (Å²) in [7, 11) is 4.61. The lowest BCUT2D eigenvalue weighted by Gasteiger charge is -2.14. The van der Waals surface area contributed by atoms with Crippen LogP contribution in [0, 0.1) is 0 Å². The van der Waals surface area contributed by atoms with Gasteiger partial charge in [-0.15, -0.1) is 10.2 Å². The third-order valence-electron chi connectivity index (χ3n) is 3.59. The summed E-state index contributed by atoms with van der Waals surface area (Å²) in [6.45, 7) is 0. The van der Waals surface area contributed by atoms with E-state index >= 15 is 0 Å². The zero-order valence-electron chi connectivity index (χ0n) is 15.0. The van der Waals surface area contributed by atoms with E-state index in [4.69, 9.17) is 18.6 Å². The lowest BCUT2D eigenvalue weighted by Crippen LogP contribution is -2.12. The minimum atomic E-state index is -0.403. The van der Waals surface area contributed by atoms with Gasteiger partial charge in [0.05, 0.1) is 27.6 Å². The number of ether oxygens (including phenoxy) is 3. The Labute approximate surface area is 155 Å². The Morgan fingerprint density at radius 1 is 0.963 bits per heavy atom. The van der Waals surface area contributed by atoms with Crippen LogP contribution in [-0.4, -0.2) is 37.4 Å². The molecule has 27 heavy (non-hydrogen) atoms. The van der Waals surface area contributed by atoms with E-state index in [-0.39, 0.29) is 5.76 Å². The van der Waals surface area contributed by atoms with Gasteiger partial charge < -0.3 is 29.3 Å². The molecule has 1 aromatic carbocycles. The summed E-state index contributed by atoms with van der Waals surface area (Å²) < 4.78 is 21.0. The molecule has 9 nitrogen and oxygen atoms in total. The van der Waals surface area contributed by atoms with Gasteiger partial charge in [-0.05, 0) is 24.3 Å². The fourth-order valence-corrected chi connectivity index (χ4v) is 2.35. The second-order valence-corrected chi connectivity index (χ2v) is 5.27. The van der Waals surface area contributed by atoms with Crippen LogP contribution < -0.4 is 24.8 Å². The highest BCUT2D eigenvalue weighted by atomic mass is 16.5. The van der Waals surface area contributed by atoms with Crippen LogP contribution in [0.5, 0.6) is 17.2 Å². The maximum atomic E-state index is 11.9. The van der Waals surface area contributed by atoms with Gasteiger partial charge in [-0.2, -0.15) is 0 Å². The molecule has 0 aliphatic heterocycles. The van der Waals surface area contributed by atoms with Gasteiger partial charge in [-0.3, -0.25) is 4.79 Å². The fraction of sp³-hybridized carbons (Fsp3) is 0.167. The van der Waals surface area contributed by atoms with Gasteiger partial charge in [0.1, 0.15) is 0 Å². The summed E-state index contributed by atoms with van der Waals surface area (Å²) in [5.74, 6) is 2.07. The summed E-state index contributed by atoms with van der Waals surface area (Å²) in [6, 6.07) is 9.97. The van der Waals surface area contributed by atoms with E-state index in [9.17, 15) is 4.79 Å². The van der Waals surface area contributed by atoms with Crippen molar-refractivity contribution in [2.75, 3.05) is 32.0 Å². The van der Waals surface area contributed by atoms with Crippen LogP contribution in [0.1, 0.15) is 10.6 Å². The zero-order chi connectivity index (χ0) is 19.2. The highest BCUT2D eigenvalue weighted by Crippen LogP contribution is 2.40. The van der Waals surface area contributed by atoms with Crippen LogP contribution in [0.3, 0.4) is 0 Å². The lowest BCUT2D eigenvalue weighted by molar-refractivity contribution is 0.0996. The Morgan fingerprint density at radius 2 is 1.63 bits per heavy atom. The summed E-state index contributed by atoms with van der Waals surface area (Å²) in [5.41, 5.74) is 0.672. The Hall–Kier alpha value is -3.75. The van der Waals surface area contributed by atoms with Crippen LogP contribution in [0.2, 0.25) is 0 Å². The van der Waals surface area contributed by atoms with Crippen molar-refractivity contribution in [3.8, 4) is 17.2 Å². The van der Waals surface area contributed by atoms with Gasteiger partial charge in [-0.25, -0.2) is 0 Å². The average molecular weight is 370 g/mol. The molecule has 0 aliphatic carbocycles. The van der Waals surface area contributed by atoms with Gasteiger partial charge in [0.25, 0.3) is 5.91 Å². The van der Waals surface area contributed by atoms with E-state index in [2.05, 4.69) is 20.8 Å². The average Bonchev–Trinajstić information content (AvgIpc) is 3.23. The van der Waals surface area contributed by atoms with Crippen molar-refractivity contribution in [1.29, 1.82) is 0 Å². The van der Waals surface area contributed by atoms with Crippen LogP contribution in [0.25, 0.3) is 0 Å². The minimum absolute atomic E-state index is 0.191. The molecule has 0 aliphatic rings. The van der Waals surface area contributed by atoms with Crippen molar-refractivity contribution in [2.24, 2.45) is 0 Å². The third-order valence-corrected chi connectivity index (χ3v) is 3.59. The number of hydrogen-bond donors (Lipinski definition) is 2. The first-order valence-corrected chi connectivity index (χ1v) is 7.90. The number of aromatic nitrogens is 2. The molecular formula is C18H18N4O5. The van der Waals surface area contributed by atoms with Gasteiger partial charge in [-0.1, -0.05) is 0 Å². The maximum Gasteiger partial charge on any atom is 0.292 e. The molecule has 0 radical (unpaired) electrons. The minimum Gasteiger partial charge on any atom is -0.493 e. The lowest BCUT2D eigenvalue weighted by atomic mass is 10.2. The van der Waals surface area contributed by atoms with E-state index in [0.717, 1.165) is 0 Å². The number of amides is 1. The molecule has 3 rings (SSSR count). The maximum absolute atomic E-state index is 11.9. The monoisotopic (exact) mass is 370 g/mol. The summed E-state index contributed by atoms with van der Waals surface area (Å²) >= 11 is 0. The van der Waals surface area contributed by atoms with Crippen LogP contribution in [0.4, 0.5) is 17.3 Å². The second-order valence-electron chi connectivity index (χ2n) is 5.27. The van der Waals surface area contributed by atoms with Crippen molar-refractivity contribution in [2.45, 2.75) is 0 Å². The van der Waals surface area contributed by atoms with Gasteiger partial charge in [0, 0.05) is 17.8 Å². The molecule has 140 valence electrons. The number of benzene rings is 1. The predicted octanol–water partition coefficient (Wildman–Crippen LogP) is 3.09. The number of nitrogens with one attached hydrogen (secondary N) is 2. The largest absolute Gasteiger partial charge is 0.493 e. The Morgan fingerprint density at radius 3 is 2.15 bits per heavy atom. The topological polar surface area (TPSA) is 108 Å². The number of nitrogens with zero attached hydrogens (tertiary/aromatic N) is 2. The van der Waals surface area contributed by atoms with Crippen LogP contribution >= 0.6 is 0 Å². The third kappa shape index (κ3) is 4.09. The first-order chi connectivity index (χ1) is 13.1. The van der Waals surface area contributed by atoms with Crippen molar-refractivity contribution < 1.29 is 23.4 Å². The van der Waals surface area contributed by atoms with Crippen molar-refractivity contribution in [3.05, 3.63) is 48.4 Å². The SMILES string of the molecule is COc1cc(Nc2ccc(NC(=O)c3ccco3)nn2)cc(OC)c1OC. The van der Waals surface area contributed by atoms with E-state index in [1.165, 1.54) is 27.6 Å². The summed E-state index contributed by atoms with van der Waals surface area (Å²) in [6.07, 6.45) is 1.42. The number of rotatable bonds is 7. The smallest absolute Gasteiger partial charge is 0.292 e. The van der Waals surface area contributed by atoms with Gasteiger partial charge in [0.2, 0.25) is 5.75 Å².